The molecule has 2 aromatic carbocycles. The number of nitriles is 1. The van der Waals surface area contributed by atoms with Gasteiger partial charge in [0.15, 0.2) is 0 Å². The number of rotatable bonds is 6. The molecule has 0 fully saturated rings. The summed E-state index contributed by atoms with van der Waals surface area (Å²) in [5, 5.41) is 12.6. The molecule has 26 heavy (non-hydrogen) atoms. The Morgan fingerprint density at radius 3 is 2.50 bits per heavy atom. The second-order valence-corrected chi connectivity index (χ2v) is 6.64. The molecule has 0 aromatic heterocycles. The summed E-state index contributed by atoms with van der Waals surface area (Å²) in [6, 6.07) is 17.8. The first kappa shape index (κ1) is 19.3. The Morgan fingerprint density at radius 2 is 1.88 bits per heavy atom. The topological polar surface area (TPSA) is 56.1 Å². The zero-order valence-corrected chi connectivity index (χ0v) is 15.8. The fourth-order valence-corrected chi connectivity index (χ4v) is 2.61. The van der Waals surface area contributed by atoms with Gasteiger partial charge in [-0.1, -0.05) is 42.5 Å². The molecule has 0 heterocycles. The van der Waals surface area contributed by atoms with Crippen LogP contribution in [0, 0.1) is 25.2 Å². The molecule has 1 amide bonds. The van der Waals surface area contributed by atoms with Crippen LogP contribution in [-0.4, -0.2) is 16.8 Å². The van der Waals surface area contributed by atoms with E-state index in [0.717, 1.165) is 22.4 Å². The quantitative estimate of drug-likeness (QED) is 0.615. The first-order valence-corrected chi connectivity index (χ1v) is 8.71. The molecule has 2 rings (SSSR count). The Bertz CT molecular complexity index is 832. The number of hydrogen-bond donors (Lipinski definition) is 1. The fourth-order valence-electron chi connectivity index (χ4n) is 2.61. The summed E-state index contributed by atoms with van der Waals surface area (Å²) in [6.07, 6.45) is 1.50. The molecule has 4 heteroatoms. The van der Waals surface area contributed by atoms with Crippen molar-refractivity contribution < 1.29 is 4.79 Å². The number of benzene rings is 2. The third-order valence-corrected chi connectivity index (χ3v) is 4.20. The zero-order valence-electron chi connectivity index (χ0n) is 15.8. The highest BCUT2D eigenvalue weighted by Gasteiger charge is 2.21. The van der Waals surface area contributed by atoms with Crippen molar-refractivity contribution in [2.24, 2.45) is 0 Å². The molecule has 0 radical (unpaired) electrons. The van der Waals surface area contributed by atoms with Gasteiger partial charge in [-0.05, 0) is 50.5 Å². The van der Waals surface area contributed by atoms with E-state index in [1.165, 1.54) is 6.20 Å². The van der Waals surface area contributed by atoms with Gasteiger partial charge in [0.2, 0.25) is 0 Å². The van der Waals surface area contributed by atoms with Crippen LogP contribution in [0.25, 0.3) is 0 Å². The van der Waals surface area contributed by atoms with Crippen LogP contribution in [0.4, 0.5) is 5.69 Å². The van der Waals surface area contributed by atoms with Crippen molar-refractivity contribution in [2.75, 3.05) is 5.32 Å². The Labute approximate surface area is 155 Å². The third-order valence-electron chi connectivity index (χ3n) is 4.20. The number of aryl methyl sites for hydroxylation is 2. The maximum absolute atomic E-state index is 12.9. The molecule has 134 valence electrons. The molecule has 0 saturated heterocycles. The lowest BCUT2D eigenvalue weighted by molar-refractivity contribution is -0.129. The minimum Gasteiger partial charge on any atom is -0.360 e. The number of carbonyl (C=O) groups is 1. The predicted octanol–water partition coefficient (Wildman–Crippen LogP) is 4.56. The van der Waals surface area contributed by atoms with Gasteiger partial charge in [0.1, 0.15) is 11.6 Å². The Morgan fingerprint density at radius 1 is 1.19 bits per heavy atom. The van der Waals surface area contributed by atoms with Crippen molar-refractivity contribution in [2.45, 2.75) is 40.3 Å². The number of hydrogen-bond acceptors (Lipinski definition) is 3. The normalized spacial score (nSPS) is 11.2. The fraction of sp³-hybridized carbons (Fsp3) is 0.273. The molecule has 0 spiro atoms. The molecule has 1 N–H and O–H groups in total. The van der Waals surface area contributed by atoms with Crippen LogP contribution in [0.15, 0.2) is 60.3 Å². The predicted molar refractivity (Wildman–Crippen MR) is 105 cm³/mol. The molecule has 0 aliphatic heterocycles. The second-order valence-electron chi connectivity index (χ2n) is 6.64. The molecular weight excluding hydrogens is 322 g/mol. The number of nitrogens with one attached hydrogen (secondary N) is 1. The van der Waals surface area contributed by atoms with Gasteiger partial charge >= 0.3 is 0 Å². The van der Waals surface area contributed by atoms with Crippen LogP contribution >= 0.6 is 0 Å². The number of anilines is 1. The van der Waals surface area contributed by atoms with E-state index in [1.54, 1.807) is 4.90 Å². The lowest BCUT2D eigenvalue weighted by Crippen LogP contribution is -2.37. The van der Waals surface area contributed by atoms with Crippen LogP contribution in [0.1, 0.15) is 30.5 Å². The standard InChI is InChI=1S/C22H25N3O/c1-16(2)25(15-19-8-6-5-7-9-19)22(26)20(13-23)14-24-21-12-17(3)10-11-18(21)4/h5-12,14,16,24H,15H2,1-4H3/b20-14-. The van der Waals surface area contributed by atoms with E-state index < -0.39 is 0 Å². The van der Waals surface area contributed by atoms with Gasteiger partial charge in [0.05, 0.1) is 0 Å². The van der Waals surface area contributed by atoms with Crippen LogP contribution in [0.2, 0.25) is 0 Å². The van der Waals surface area contributed by atoms with E-state index in [1.807, 2.05) is 82.3 Å². The van der Waals surface area contributed by atoms with E-state index in [0.29, 0.717) is 6.54 Å². The van der Waals surface area contributed by atoms with Gasteiger partial charge in [0.25, 0.3) is 5.91 Å². The lowest BCUT2D eigenvalue weighted by atomic mass is 10.1. The molecule has 0 aliphatic carbocycles. The minimum absolute atomic E-state index is 0.0137. The first-order chi connectivity index (χ1) is 12.4. The molecule has 0 aliphatic rings. The Hall–Kier alpha value is -3.06. The molecule has 2 aromatic rings. The van der Waals surface area contributed by atoms with Gasteiger partial charge in [-0.3, -0.25) is 4.79 Å². The number of amides is 1. The van der Waals surface area contributed by atoms with E-state index in [4.69, 9.17) is 0 Å². The monoisotopic (exact) mass is 347 g/mol. The molecule has 0 bridgehead atoms. The Balaban J connectivity index is 2.21. The summed E-state index contributed by atoms with van der Waals surface area (Å²) in [6.45, 7) is 8.37. The molecule has 0 saturated carbocycles. The van der Waals surface area contributed by atoms with Crippen molar-refractivity contribution in [3.8, 4) is 6.07 Å². The SMILES string of the molecule is Cc1ccc(C)c(N/C=C(/C#N)C(=O)N(Cc2ccccc2)C(C)C)c1. The maximum Gasteiger partial charge on any atom is 0.266 e. The van der Waals surface area contributed by atoms with Crippen LogP contribution < -0.4 is 5.32 Å². The van der Waals surface area contributed by atoms with Gasteiger partial charge < -0.3 is 10.2 Å². The van der Waals surface area contributed by atoms with Crippen molar-refractivity contribution in [1.29, 1.82) is 5.26 Å². The van der Waals surface area contributed by atoms with Crippen molar-refractivity contribution in [3.05, 3.63) is 77.0 Å². The van der Waals surface area contributed by atoms with Crippen molar-refractivity contribution in [1.82, 2.24) is 4.90 Å². The van der Waals surface area contributed by atoms with Gasteiger partial charge in [0, 0.05) is 24.5 Å². The van der Waals surface area contributed by atoms with E-state index in [9.17, 15) is 10.1 Å². The average Bonchev–Trinajstić information content (AvgIpc) is 2.63. The van der Waals surface area contributed by atoms with Gasteiger partial charge in [-0.15, -0.1) is 0 Å². The van der Waals surface area contributed by atoms with Crippen molar-refractivity contribution >= 4 is 11.6 Å². The molecular formula is C22H25N3O. The number of nitrogens with zero attached hydrogens (tertiary/aromatic N) is 2. The van der Waals surface area contributed by atoms with E-state index in [2.05, 4.69) is 5.32 Å². The Kier molecular flexibility index (Phi) is 6.57. The highest BCUT2D eigenvalue weighted by atomic mass is 16.2. The lowest BCUT2D eigenvalue weighted by Gasteiger charge is -2.26. The summed E-state index contributed by atoms with van der Waals surface area (Å²) in [7, 11) is 0. The second kappa shape index (κ2) is 8.87. The largest absolute Gasteiger partial charge is 0.360 e. The van der Waals surface area contributed by atoms with Crippen LogP contribution in [0.3, 0.4) is 0 Å². The van der Waals surface area contributed by atoms with Crippen molar-refractivity contribution in [3.63, 3.8) is 0 Å². The summed E-state index contributed by atoms with van der Waals surface area (Å²) in [4.78, 5) is 14.6. The summed E-state index contributed by atoms with van der Waals surface area (Å²) >= 11 is 0. The highest BCUT2D eigenvalue weighted by Crippen LogP contribution is 2.18. The smallest absolute Gasteiger partial charge is 0.266 e. The third kappa shape index (κ3) is 4.97. The summed E-state index contributed by atoms with van der Waals surface area (Å²) in [5.74, 6) is -0.274. The average molecular weight is 347 g/mol. The van der Waals surface area contributed by atoms with E-state index >= 15 is 0 Å². The van der Waals surface area contributed by atoms with Gasteiger partial charge in [-0.25, -0.2) is 0 Å². The molecule has 0 atom stereocenters. The minimum atomic E-state index is -0.274. The highest BCUT2D eigenvalue weighted by molar-refractivity contribution is 5.97. The zero-order chi connectivity index (χ0) is 19.1. The van der Waals surface area contributed by atoms with Crippen LogP contribution in [0.5, 0.6) is 0 Å². The number of carbonyl (C=O) groups excluding carboxylic acids is 1. The first-order valence-electron chi connectivity index (χ1n) is 8.71. The summed E-state index contributed by atoms with van der Waals surface area (Å²) in [5.41, 5.74) is 4.19. The van der Waals surface area contributed by atoms with E-state index in [-0.39, 0.29) is 17.5 Å². The van der Waals surface area contributed by atoms with Crippen LogP contribution in [-0.2, 0) is 11.3 Å². The molecule has 4 nitrogen and oxygen atoms in total. The summed E-state index contributed by atoms with van der Waals surface area (Å²) < 4.78 is 0. The molecule has 0 unspecified atom stereocenters. The maximum atomic E-state index is 12.9. The van der Waals surface area contributed by atoms with Gasteiger partial charge in [-0.2, -0.15) is 5.26 Å².